The lowest BCUT2D eigenvalue weighted by atomic mass is 10.1. The molecule has 116 valence electrons. The normalized spacial score (nSPS) is 16.8. The van der Waals surface area contributed by atoms with E-state index in [9.17, 15) is 9.90 Å². The minimum atomic E-state index is -0.517. The van der Waals surface area contributed by atoms with Gasteiger partial charge in [-0.1, -0.05) is 22.0 Å². The predicted molar refractivity (Wildman–Crippen MR) is 85.6 cm³/mol. The Hall–Kier alpha value is -1.27. The van der Waals surface area contributed by atoms with E-state index in [4.69, 9.17) is 4.74 Å². The number of hydrogen-bond acceptors (Lipinski definition) is 4. The van der Waals surface area contributed by atoms with E-state index in [0.717, 1.165) is 28.8 Å². The summed E-state index contributed by atoms with van der Waals surface area (Å²) in [5.74, 6) is 0. The lowest BCUT2D eigenvalue weighted by molar-refractivity contribution is 0.105. The Kier molecular flexibility index (Phi) is 5.47. The Labute approximate surface area is 133 Å². The van der Waals surface area contributed by atoms with E-state index in [2.05, 4.69) is 20.8 Å². The van der Waals surface area contributed by atoms with Crippen molar-refractivity contribution in [2.75, 3.05) is 37.7 Å². The summed E-state index contributed by atoms with van der Waals surface area (Å²) in [7, 11) is 0. The molecule has 21 heavy (non-hydrogen) atoms. The van der Waals surface area contributed by atoms with Gasteiger partial charge in [0, 0.05) is 41.9 Å². The van der Waals surface area contributed by atoms with Gasteiger partial charge in [0.1, 0.15) is 0 Å². The maximum absolute atomic E-state index is 11.7. The predicted octanol–water partition coefficient (Wildman–Crippen LogP) is 2.78. The Balaban J connectivity index is 2.08. The van der Waals surface area contributed by atoms with Gasteiger partial charge in [0.2, 0.25) is 0 Å². The molecule has 0 aliphatic carbocycles. The van der Waals surface area contributed by atoms with Gasteiger partial charge in [0.05, 0.1) is 12.7 Å². The van der Waals surface area contributed by atoms with Crippen molar-refractivity contribution in [3.05, 3.63) is 28.2 Å². The van der Waals surface area contributed by atoms with E-state index in [0.29, 0.717) is 19.7 Å². The number of rotatable bonds is 3. The van der Waals surface area contributed by atoms with Crippen molar-refractivity contribution in [3.8, 4) is 0 Å². The maximum Gasteiger partial charge on any atom is 0.409 e. The second-order valence-corrected chi connectivity index (χ2v) is 5.97. The number of ether oxygens (including phenoxy) is 1. The van der Waals surface area contributed by atoms with Gasteiger partial charge >= 0.3 is 6.09 Å². The number of piperazine rings is 1. The summed E-state index contributed by atoms with van der Waals surface area (Å²) in [6, 6.07) is 5.88. The summed E-state index contributed by atoms with van der Waals surface area (Å²) in [4.78, 5) is 15.6. The summed E-state index contributed by atoms with van der Waals surface area (Å²) in [5, 5.41) is 9.91. The minimum Gasteiger partial charge on any atom is -0.450 e. The Morgan fingerprint density at radius 1 is 1.38 bits per heavy atom. The summed E-state index contributed by atoms with van der Waals surface area (Å²) in [6.07, 6.45) is -0.765. The molecular formula is C15H21BrN2O3. The number of carbonyl (C=O) groups is 1. The molecule has 0 spiro atoms. The third kappa shape index (κ3) is 3.89. The third-order valence-corrected chi connectivity index (χ3v) is 4.08. The number of hydrogen-bond donors (Lipinski definition) is 1. The van der Waals surface area contributed by atoms with Crippen molar-refractivity contribution in [1.29, 1.82) is 0 Å². The Bertz CT molecular complexity index is 500. The van der Waals surface area contributed by atoms with Crippen LogP contribution < -0.4 is 4.90 Å². The summed E-state index contributed by atoms with van der Waals surface area (Å²) < 4.78 is 6.01. The number of carbonyl (C=O) groups excluding carboxylic acids is 1. The molecule has 5 nitrogen and oxygen atoms in total. The van der Waals surface area contributed by atoms with E-state index in [1.54, 1.807) is 11.8 Å². The number of aliphatic hydroxyl groups excluding tert-OH is 1. The molecule has 1 unspecified atom stereocenters. The van der Waals surface area contributed by atoms with E-state index in [1.165, 1.54) is 0 Å². The second kappa shape index (κ2) is 7.13. The van der Waals surface area contributed by atoms with Gasteiger partial charge in [-0.3, -0.25) is 0 Å². The van der Waals surface area contributed by atoms with Crippen LogP contribution in [0.2, 0.25) is 0 Å². The second-order valence-electron chi connectivity index (χ2n) is 5.05. The number of benzene rings is 1. The van der Waals surface area contributed by atoms with E-state index in [1.807, 2.05) is 25.1 Å². The molecule has 1 saturated heterocycles. The van der Waals surface area contributed by atoms with Gasteiger partial charge in [-0.2, -0.15) is 0 Å². The van der Waals surface area contributed by atoms with Crippen molar-refractivity contribution in [2.24, 2.45) is 0 Å². The highest BCUT2D eigenvalue weighted by molar-refractivity contribution is 9.10. The molecule has 1 aromatic rings. The molecule has 1 fully saturated rings. The highest BCUT2D eigenvalue weighted by Crippen LogP contribution is 2.30. The van der Waals surface area contributed by atoms with Gasteiger partial charge in [-0.25, -0.2) is 4.79 Å². The monoisotopic (exact) mass is 356 g/mol. The van der Waals surface area contributed by atoms with Crippen LogP contribution in [0.5, 0.6) is 0 Å². The smallest absolute Gasteiger partial charge is 0.409 e. The molecule has 1 atom stereocenters. The standard InChI is InChI=1S/C15H21BrN2O3/c1-3-21-15(20)18-8-6-17(7-9-18)14-10-12(16)4-5-13(14)11(2)19/h4-5,10-11,19H,3,6-9H2,1-2H3. The SMILES string of the molecule is CCOC(=O)N1CCN(c2cc(Br)ccc2C(C)O)CC1. The van der Waals surface area contributed by atoms with Crippen molar-refractivity contribution >= 4 is 27.7 Å². The molecule has 0 saturated carbocycles. The van der Waals surface area contributed by atoms with Crippen molar-refractivity contribution in [2.45, 2.75) is 20.0 Å². The molecule has 0 bridgehead atoms. The van der Waals surface area contributed by atoms with Crippen LogP contribution in [0.25, 0.3) is 0 Å². The molecule has 1 aliphatic rings. The topological polar surface area (TPSA) is 53.0 Å². The summed E-state index contributed by atoms with van der Waals surface area (Å²) in [6.45, 7) is 6.70. The first-order valence-electron chi connectivity index (χ1n) is 7.17. The largest absolute Gasteiger partial charge is 0.450 e. The van der Waals surface area contributed by atoms with Crippen molar-refractivity contribution in [3.63, 3.8) is 0 Å². The number of amides is 1. The van der Waals surface area contributed by atoms with Crippen molar-refractivity contribution < 1.29 is 14.6 Å². The van der Waals surface area contributed by atoms with Crippen LogP contribution in [0.3, 0.4) is 0 Å². The lowest BCUT2D eigenvalue weighted by Crippen LogP contribution is -2.49. The number of aliphatic hydroxyl groups is 1. The van der Waals surface area contributed by atoms with Gasteiger partial charge < -0.3 is 19.6 Å². The zero-order valence-corrected chi connectivity index (χ0v) is 14.0. The van der Waals surface area contributed by atoms with E-state index in [-0.39, 0.29) is 6.09 Å². The Morgan fingerprint density at radius 3 is 2.62 bits per heavy atom. The highest BCUT2D eigenvalue weighted by atomic mass is 79.9. The molecule has 6 heteroatoms. The van der Waals surface area contributed by atoms with Crippen molar-refractivity contribution in [1.82, 2.24) is 4.90 Å². The van der Waals surface area contributed by atoms with E-state index < -0.39 is 6.10 Å². The number of anilines is 1. The van der Waals surface area contributed by atoms with Gasteiger partial charge in [-0.15, -0.1) is 0 Å². The first-order chi connectivity index (χ1) is 10.0. The lowest BCUT2D eigenvalue weighted by Gasteiger charge is -2.36. The summed E-state index contributed by atoms with van der Waals surface area (Å²) >= 11 is 3.47. The molecule has 1 N–H and O–H groups in total. The van der Waals surface area contributed by atoms with Gasteiger partial charge in [0.25, 0.3) is 0 Å². The quantitative estimate of drug-likeness (QED) is 0.904. The molecule has 1 heterocycles. The molecule has 1 aliphatic heterocycles. The number of halogens is 1. The number of nitrogens with zero attached hydrogens (tertiary/aromatic N) is 2. The zero-order valence-electron chi connectivity index (χ0n) is 12.4. The molecule has 1 amide bonds. The minimum absolute atomic E-state index is 0.248. The molecule has 0 radical (unpaired) electrons. The molecule has 2 rings (SSSR count). The molecule has 1 aromatic carbocycles. The molecular weight excluding hydrogens is 336 g/mol. The molecule has 0 aromatic heterocycles. The van der Waals surface area contributed by atoms with Gasteiger partial charge in [-0.05, 0) is 26.0 Å². The first kappa shape index (κ1) is 16.1. The van der Waals surface area contributed by atoms with Gasteiger partial charge in [0.15, 0.2) is 0 Å². The zero-order chi connectivity index (χ0) is 15.4. The van der Waals surface area contributed by atoms with Crippen LogP contribution in [0.1, 0.15) is 25.5 Å². The summed E-state index contributed by atoms with van der Waals surface area (Å²) in [5.41, 5.74) is 1.92. The van der Waals surface area contributed by atoms with Crippen LogP contribution in [0, 0.1) is 0 Å². The fourth-order valence-electron chi connectivity index (χ4n) is 2.49. The average molecular weight is 357 g/mol. The van der Waals surface area contributed by atoms with E-state index >= 15 is 0 Å². The fraction of sp³-hybridized carbons (Fsp3) is 0.533. The van der Waals surface area contributed by atoms with Crippen LogP contribution in [0.4, 0.5) is 10.5 Å². The average Bonchev–Trinajstić information content (AvgIpc) is 2.47. The third-order valence-electron chi connectivity index (χ3n) is 3.59. The first-order valence-corrected chi connectivity index (χ1v) is 7.96. The fourth-order valence-corrected chi connectivity index (χ4v) is 2.84. The van der Waals surface area contributed by atoms with Crippen LogP contribution in [-0.4, -0.2) is 48.9 Å². The van der Waals surface area contributed by atoms with Crippen LogP contribution >= 0.6 is 15.9 Å². The Morgan fingerprint density at radius 2 is 2.05 bits per heavy atom. The highest BCUT2D eigenvalue weighted by Gasteiger charge is 2.24. The van der Waals surface area contributed by atoms with Crippen LogP contribution in [0.15, 0.2) is 22.7 Å². The maximum atomic E-state index is 11.7. The van der Waals surface area contributed by atoms with Crippen LogP contribution in [-0.2, 0) is 4.74 Å².